The highest BCUT2D eigenvalue weighted by atomic mass is 16.5. The predicted octanol–water partition coefficient (Wildman–Crippen LogP) is 3.81. The van der Waals surface area contributed by atoms with E-state index < -0.39 is 0 Å². The highest BCUT2D eigenvalue weighted by Crippen LogP contribution is 2.21. The summed E-state index contributed by atoms with van der Waals surface area (Å²) in [5, 5.41) is 0. The molecule has 3 nitrogen and oxygen atoms in total. The van der Waals surface area contributed by atoms with Crippen LogP contribution < -0.4 is 9.47 Å². The van der Waals surface area contributed by atoms with Crippen LogP contribution in [-0.2, 0) is 12.8 Å². The fourth-order valence-corrected chi connectivity index (χ4v) is 2.52. The van der Waals surface area contributed by atoms with Crippen molar-refractivity contribution in [3.63, 3.8) is 0 Å². The lowest BCUT2D eigenvalue weighted by molar-refractivity contribution is 0.279. The fraction of sp³-hybridized carbons (Fsp3) is 0.400. The van der Waals surface area contributed by atoms with E-state index >= 15 is 0 Å². The van der Waals surface area contributed by atoms with E-state index in [0.717, 1.165) is 43.9 Å². The van der Waals surface area contributed by atoms with Gasteiger partial charge in [-0.05, 0) is 62.7 Å². The number of aryl methyl sites for hydroxylation is 2. The van der Waals surface area contributed by atoms with E-state index in [9.17, 15) is 0 Å². The molecule has 0 spiro atoms. The largest absolute Gasteiger partial charge is 0.497 e. The van der Waals surface area contributed by atoms with E-state index in [2.05, 4.69) is 49.3 Å². The molecule has 2 aromatic rings. The SMILES string of the molecule is COc1cccc(CCc2ccccc2OCCCN(C)C)c1. The van der Waals surface area contributed by atoms with Crippen molar-refractivity contribution in [3.8, 4) is 11.5 Å². The summed E-state index contributed by atoms with van der Waals surface area (Å²) in [4.78, 5) is 2.18. The first-order valence-electron chi connectivity index (χ1n) is 8.17. The van der Waals surface area contributed by atoms with Gasteiger partial charge in [0.05, 0.1) is 13.7 Å². The molecule has 2 aromatic carbocycles. The first kappa shape index (κ1) is 17.4. The summed E-state index contributed by atoms with van der Waals surface area (Å²) < 4.78 is 11.3. The Balaban J connectivity index is 1.91. The molecule has 0 aliphatic carbocycles. The van der Waals surface area contributed by atoms with Crippen LogP contribution in [0.3, 0.4) is 0 Å². The second-order valence-corrected chi connectivity index (χ2v) is 5.96. The van der Waals surface area contributed by atoms with Crippen LogP contribution in [0.5, 0.6) is 11.5 Å². The first-order valence-corrected chi connectivity index (χ1v) is 8.17. The number of nitrogens with zero attached hydrogens (tertiary/aromatic N) is 1. The third-order valence-electron chi connectivity index (χ3n) is 3.80. The Morgan fingerprint density at radius 1 is 0.957 bits per heavy atom. The monoisotopic (exact) mass is 313 g/mol. The van der Waals surface area contributed by atoms with Gasteiger partial charge in [0.2, 0.25) is 0 Å². The Morgan fingerprint density at radius 3 is 2.57 bits per heavy atom. The zero-order valence-electron chi connectivity index (χ0n) is 14.4. The van der Waals surface area contributed by atoms with E-state index in [1.165, 1.54) is 11.1 Å². The molecule has 0 fully saturated rings. The lowest BCUT2D eigenvalue weighted by atomic mass is 10.0. The molecule has 0 saturated carbocycles. The van der Waals surface area contributed by atoms with Gasteiger partial charge in [-0.15, -0.1) is 0 Å². The fourth-order valence-electron chi connectivity index (χ4n) is 2.52. The predicted molar refractivity (Wildman–Crippen MR) is 95.5 cm³/mol. The molecular formula is C20H27NO2. The van der Waals surface area contributed by atoms with Crippen molar-refractivity contribution in [2.24, 2.45) is 0 Å². The highest BCUT2D eigenvalue weighted by molar-refractivity contribution is 5.35. The van der Waals surface area contributed by atoms with E-state index in [4.69, 9.17) is 9.47 Å². The molecule has 0 bridgehead atoms. The third kappa shape index (κ3) is 5.95. The molecule has 0 unspecified atom stereocenters. The van der Waals surface area contributed by atoms with Gasteiger partial charge in [0, 0.05) is 6.54 Å². The van der Waals surface area contributed by atoms with Gasteiger partial charge in [-0.25, -0.2) is 0 Å². The molecule has 2 rings (SSSR count). The lowest BCUT2D eigenvalue weighted by Crippen LogP contribution is -2.15. The average Bonchev–Trinajstić information content (AvgIpc) is 2.57. The van der Waals surface area contributed by atoms with Crippen LogP contribution in [0.25, 0.3) is 0 Å². The quantitative estimate of drug-likeness (QED) is 0.657. The number of para-hydroxylation sites is 1. The standard InChI is InChI=1S/C20H27NO2/c1-21(2)14-7-15-23-20-11-5-4-9-18(20)13-12-17-8-6-10-19(16-17)22-3/h4-6,8-11,16H,7,12-15H2,1-3H3. The third-order valence-corrected chi connectivity index (χ3v) is 3.80. The molecule has 124 valence electrons. The van der Waals surface area contributed by atoms with E-state index in [-0.39, 0.29) is 0 Å². The normalized spacial score (nSPS) is 10.8. The van der Waals surface area contributed by atoms with Crippen molar-refractivity contribution in [3.05, 3.63) is 59.7 Å². The summed E-state index contributed by atoms with van der Waals surface area (Å²) >= 11 is 0. The Hall–Kier alpha value is -2.00. The average molecular weight is 313 g/mol. The van der Waals surface area contributed by atoms with Crippen molar-refractivity contribution in [2.75, 3.05) is 34.4 Å². The van der Waals surface area contributed by atoms with Crippen LogP contribution in [0.4, 0.5) is 0 Å². The molecule has 0 amide bonds. The van der Waals surface area contributed by atoms with Crippen LogP contribution in [0.15, 0.2) is 48.5 Å². The van der Waals surface area contributed by atoms with Gasteiger partial charge >= 0.3 is 0 Å². The summed E-state index contributed by atoms with van der Waals surface area (Å²) in [6.07, 6.45) is 2.99. The van der Waals surface area contributed by atoms with E-state index in [1.807, 2.05) is 18.2 Å². The molecule has 3 heteroatoms. The second-order valence-electron chi connectivity index (χ2n) is 5.96. The number of methoxy groups -OCH3 is 1. The van der Waals surface area contributed by atoms with Gasteiger partial charge in [-0.3, -0.25) is 0 Å². The van der Waals surface area contributed by atoms with Gasteiger partial charge in [0.15, 0.2) is 0 Å². The molecule has 0 heterocycles. The van der Waals surface area contributed by atoms with Crippen LogP contribution >= 0.6 is 0 Å². The van der Waals surface area contributed by atoms with Crippen molar-refractivity contribution < 1.29 is 9.47 Å². The number of benzene rings is 2. The molecule has 0 N–H and O–H groups in total. The molecule has 0 aliphatic rings. The zero-order chi connectivity index (χ0) is 16.5. The zero-order valence-corrected chi connectivity index (χ0v) is 14.4. The maximum Gasteiger partial charge on any atom is 0.122 e. The van der Waals surface area contributed by atoms with Crippen LogP contribution in [0, 0.1) is 0 Å². The molecule has 0 atom stereocenters. The minimum absolute atomic E-state index is 0.758. The van der Waals surface area contributed by atoms with Crippen molar-refractivity contribution in [1.29, 1.82) is 0 Å². The number of rotatable bonds is 9. The summed E-state index contributed by atoms with van der Waals surface area (Å²) in [5.41, 5.74) is 2.55. The van der Waals surface area contributed by atoms with Gasteiger partial charge in [0.25, 0.3) is 0 Å². The van der Waals surface area contributed by atoms with Gasteiger partial charge in [-0.1, -0.05) is 30.3 Å². The Bertz CT molecular complexity index is 596. The summed E-state index contributed by atoms with van der Waals surface area (Å²) in [5.74, 6) is 1.92. The highest BCUT2D eigenvalue weighted by Gasteiger charge is 2.04. The maximum atomic E-state index is 5.97. The molecular weight excluding hydrogens is 286 g/mol. The number of hydrogen-bond donors (Lipinski definition) is 0. The molecule has 0 radical (unpaired) electrons. The van der Waals surface area contributed by atoms with Crippen LogP contribution in [0.2, 0.25) is 0 Å². The molecule has 23 heavy (non-hydrogen) atoms. The Labute approximate surface area is 139 Å². The topological polar surface area (TPSA) is 21.7 Å². The van der Waals surface area contributed by atoms with Gasteiger partial charge < -0.3 is 14.4 Å². The summed E-state index contributed by atoms with van der Waals surface area (Å²) in [7, 11) is 5.88. The summed E-state index contributed by atoms with van der Waals surface area (Å²) in [6, 6.07) is 16.6. The summed E-state index contributed by atoms with van der Waals surface area (Å²) in [6.45, 7) is 1.81. The van der Waals surface area contributed by atoms with E-state index in [1.54, 1.807) is 7.11 Å². The first-order chi connectivity index (χ1) is 11.2. The van der Waals surface area contributed by atoms with Crippen molar-refractivity contribution >= 4 is 0 Å². The molecule has 0 aromatic heterocycles. The minimum atomic E-state index is 0.758. The minimum Gasteiger partial charge on any atom is -0.497 e. The smallest absolute Gasteiger partial charge is 0.122 e. The van der Waals surface area contributed by atoms with Crippen molar-refractivity contribution in [2.45, 2.75) is 19.3 Å². The second kappa shape index (κ2) is 9.21. The van der Waals surface area contributed by atoms with Crippen LogP contribution in [-0.4, -0.2) is 39.3 Å². The van der Waals surface area contributed by atoms with Gasteiger partial charge in [0.1, 0.15) is 11.5 Å². The van der Waals surface area contributed by atoms with Crippen molar-refractivity contribution in [1.82, 2.24) is 4.90 Å². The van der Waals surface area contributed by atoms with Gasteiger partial charge in [-0.2, -0.15) is 0 Å². The maximum absolute atomic E-state index is 5.97. The van der Waals surface area contributed by atoms with Crippen LogP contribution in [0.1, 0.15) is 17.5 Å². The number of ether oxygens (including phenoxy) is 2. The lowest BCUT2D eigenvalue weighted by Gasteiger charge is -2.13. The Morgan fingerprint density at radius 2 is 1.78 bits per heavy atom. The molecule has 0 saturated heterocycles. The Kier molecular flexibility index (Phi) is 6.95. The van der Waals surface area contributed by atoms with E-state index in [0.29, 0.717) is 0 Å². The number of hydrogen-bond acceptors (Lipinski definition) is 3. The molecule has 0 aliphatic heterocycles.